The number of fused-ring (bicyclic) bond motifs is 1. The monoisotopic (exact) mass is 287 g/mol. The second-order valence-electron chi connectivity index (χ2n) is 5.63. The highest BCUT2D eigenvalue weighted by atomic mass is 32.2. The number of nitriles is 1. The number of hydrogen-bond donors (Lipinski definition) is 0. The Balaban J connectivity index is 1.93. The summed E-state index contributed by atoms with van der Waals surface area (Å²) in [5.41, 5.74) is 3.30. The first-order valence-corrected chi connectivity index (χ1v) is 8.66. The van der Waals surface area contributed by atoms with E-state index in [2.05, 4.69) is 35.7 Å². The topological polar surface area (TPSA) is 39.9 Å². The minimum atomic E-state index is 0.674. The van der Waals surface area contributed by atoms with Crippen molar-refractivity contribution < 1.29 is 0 Å². The molecule has 106 valence electrons. The molecule has 0 amide bonds. The van der Waals surface area contributed by atoms with Crippen LogP contribution in [-0.2, 0) is 12.8 Å². The number of pyridine rings is 1. The summed E-state index contributed by atoms with van der Waals surface area (Å²) in [5, 5.41) is 10.1. The molecule has 1 saturated heterocycles. The zero-order valence-electron chi connectivity index (χ0n) is 12.1. The maximum Gasteiger partial charge on any atom is 0.146 e. The normalized spacial score (nSPS) is 22.2. The Morgan fingerprint density at radius 1 is 1.45 bits per heavy atom. The van der Waals surface area contributed by atoms with Gasteiger partial charge in [-0.1, -0.05) is 6.92 Å². The number of nitrogens with zero attached hydrogens (tertiary/aromatic N) is 3. The predicted molar refractivity (Wildman–Crippen MR) is 84.3 cm³/mol. The van der Waals surface area contributed by atoms with Gasteiger partial charge < -0.3 is 4.90 Å². The van der Waals surface area contributed by atoms with Crippen LogP contribution in [0.15, 0.2) is 6.07 Å². The Morgan fingerprint density at radius 3 is 3.10 bits per heavy atom. The van der Waals surface area contributed by atoms with Crippen molar-refractivity contribution in [2.75, 3.05) is 23.7 Å². The van der Waals surface area contributed by atoms with Crippen molar-refractivity contribution in [1.29, 1.82) is 5.26 Å². The molecule has 3 nitrogen and oxygen atoms in total. The highest BCUT2D eigenvalue weighted by Crippen LogP contribution is 2.30. The molecule has 0 bridgehead atoms. The van der Waals surface area contributed by atoms with Gasteiger partial charge in [0.15, 0.2) is 0 Å². The number of aryl methyl sites for hydroxylation is 2. The highest BCUT2D eigenvalue weighted by Gasteiger charge is 2.24. The fourth-order valence-corrected chi connectivity index (χ4v) is 4.28. The summed E-state index contributed by atoms with van der Waals surface area (Å²) in [7, 11) is 0. The summed E-state index contributed by atoms with van der Waals surface area (Å²) in [4.78, 5) is 7.20. The molecule has 1 aliphatic carbocycles. The summed E-state index contributed by atoms with van der Waals surface area (Å²) in [6.07, 6.45) is 5.82. The van der Waals surface area contributed by atoms with Gasteiger partial charge in [0.2, 0.25) is 0 Å². The average molecular weight is 287 g/mol. The molecule has 3 rings (SSSR count). The number of thioether (sulfide) groups is 1. The molecule has 1 atom stereocenters. The molecular formula is C16H21N3S. The van der Waals surface area contributed by atoms with Crippen LogP contribution in [0.25, 0.3) is 0 Å². The van der Waals surface area contributed by atoms with E-state index in [0.29, 0.717) is 5.25 Å². The third-order valence-corrected chi connectivity index (χ3v) is 5.67. The first-order chi connectivity index (χ1) is 9.81. The Labute approximate surface area is 125 Å². The van der Waals surface area contributed by atoms with Gasteiger partial charge in [-0.15, -0.1) is 0 Å². The zero-order valence-corrected chi connectivity index (χ0v) is 12.9. The molecule has 1 fully saturated rings. The molecule has 0 saturated carbocycles. The largest absolute Gasteiger partial charge is 0.354 e. The maximum atomic E-state index is 9.45. The van der Waals surface area contributed by atoms with Crippen molar-refractivity contribution in [3.05, 3.63) is 22.9 Å². The van der Waals surface area contributed by atoms with Crippen LogP contribution in [0, 0.1) is 11.3 Å². The number of hydrogen-bond acceptors (Lipinski definition) is 4. The standard InChI is InChI=1S/C16H21N3S/c1-2-14-11-19(7-8-20-14)16-13(10-17)9-12-5-3-4-6-15(12)18-16/h9,14H,2-8,11H2,1H3. The molecule has 0 N–H and O–H groups in total. The van der Waals surface area contributed by atoms with Crippen LogP contribution in [-0.4, -0.2) is 29.1 Å². The highest BCUT2D eigenvalue weighted by molar-refractivity contribution is 8.00. The smallest absolute Gasteiger partial charge is 0.146 e. The van der Waals surface area contributed by atoms with E-state index in [9.17, 15) is 5.26 Å². The molecule has 1 aromatic rings. The molecule has 1 unspecified atom stereocenters. The van der Waals surface area contributed by atoms with Crippen LogP contribution in [0.1, 0.15) is 43.0 Å². The summed E-state index contributed by atoms with van der Waals surface area (Å²) in [5.74, 6) is 2.08. The van der Waals surface area contributed by atoms with Crippen molar-refractivity contribution >= 4 is 17.6 Å². The average Bonchev–Trinajstić information content (AvgIpc) is 2.53. The van der Waals surface area contributed by atoms with E-state index in [4.69, 9.17) is 4.98 Å². The van der Waals surface area contributed by atoms with Crippen LogP contribution in [0.5, 0.6) is 0 Å². The van der Waals surface area contributed by atoms with E-state index >= 15 is 0 Å². The first-order valence-electron chi connectivity index (χ1n) is 7.61. The fourth-order valence-electron chi connectivity index (χ4n) is 3.10. The van der Waals surface area contributed by atoms with Gasteiger partial charge in [-0.2, -0.15) is 17.0 Å². The lowest BCUT2D eigenvalue weighted by Gasteiger charge is -2.34. The number of aromatic nitrogens is 1. The van der Waals surface area contributed by atoms with Crippen LogP contribution in [0.4, 0.5) is 5.82 Å². The minimum absolute atomic E-state index is 0.674. The van der Waals surface area contributed by atoms with Crippen LogP contribution >= 0.6 is 11.8 Å². The van der Waals surface area contributed by atoms with Crippen LogP contribution < -0.4 is 4.90 Å². The van der Waals surface area contributed by atoms with E-state index in [1.54, 1.807) is 0 Å². The summed E-state index contributed by atoms with van der Waals surface area (Å²) >= 11 is 2.05. The van der Waals surface area contributed by atoms with Gasteiger partial charge >= 0.3 is 0 Å². The van der Waals surface area contributed by atoms with Gasteiger partial charge in [0.1, 0.15) is 11.9 Å². The lowest BCUT2D eigenvalue weighted by atomic mass is 9.95. The second kappa shape index (κ2) is 6.05. The van der Waals surface area contributed by atoms with Crippen LogP contribution in [0.3, 0.4) is 0 Å². The fraction of sp³-hybridized carbons (Fsp3) is 0.625. The van der Waals surface area contributed by atoms with E-state index in [1.807, 2.05) is 0 Å². The SMILES string of the molecule is CCC1CN(c2nc3c(cc2C#N)CCCC3)CCS1. The van der Waals surface area contributed by atoms with Gasteiger partial charge in [-0.05, 0) is 43.7 Å². The lowest BCUT2D eigenvalue weighted by molar-refractivity contribution is 0.660. The lowest BCUT2D eigenvalue weighted by Crippen LogP contribution is -2.38. The van der Waals surface area contributed by atoms with Gasteiger partial charge in [0, 0.05) is 29.8 Å². The van der Waals surface area contributed by atoms with Gasteiger partial charge in [0.05, 0.1) is 5.56 Å². The van der Waals surface area contributed by atoms with Crippen molar-refractivity contribution in [2.45, 2.75) is 44.3 Å². The van der Waals surface area contributed by atoms with E-state index < -0.39 is 0 Å². The Hall–Kier alpha value is -1.21. The summed E-state index contributed by atoms with van der Waals surface area (Å²) < 4.78 is 0. The first kappa shape index (κ1) is 13.8. The molecule has 2 aliphatic rings. The Morgan fingerprint density at radius 2 is 2.30 bits per heavy atom. The van der Waals surface area contributed by atoms with Crippen LogP contribution in [0.2, 0.25) is 0 Å². The number of rotatable bonds is 2. The van der Waals surface area contributed by atoms with Gasteiger partial charge in [0.25, 0.3) is 0 Å². The second-order valence-corrected chi connectivity index (χ2v) is 7.04. The molecule has 20 heavy (non-hydrogen) atoms. The third-order valence-electron chi connectivity index (χ3n) is 4.29. The summed E-state index contributed by atoms with van der Waals surface area (Å²) in [6, 6.07) is 4.46. The van der Waals surface area contributed by atoms with Gasteiger partial charge in [-0.3, -0.25) is 0 Å². The molecule has 0 radical (unpaired) electrons. The maximum absolute atomic E-state index is 9.45. The molecule has 1 aliphatic heterocycles. The zero-order chi connectivity index (χ0) is 13.9. The molecular weight excluding hydrogens is 266 g/mol. The molecule has 0 aromatic carbocycles. The van der Waals surface area contributed by atoms with Crippen molar-refractivity contribution in [1.82, 2.24) is 4.98 Å². The molecule has 1 aromatic heterocycles. The predicted octanol–water partition coefficient (Wildman–Crippen LogP) is 3.16. The van der Waals surface area contributed by atoms with Crippen molar-refractivity contribution in [3.8, 4) is 6.07 Å². The van der Waals surface area contributed by atoms with Crippen molar-refractivity contribution in [2.24, 2.45) is 0 Å². The van der Waals surface area contributed by atoms with E-state index in [1.165, 1.54) is 30.5 Å². The van der Waals surface area contributed by atoms with E-state index in [0.717, 1.165) is 43.1 Å². The molecule has 2 heterocycles. The van der Waals surface area contributed by atoms with E-state index in [-0.39, 0.29) is 0 Å². The quantitative estimate of drug-likeness (QED) is 0.837. The third kappa shape index (κ3) is 2.64. The Kier molecular flexibility index (Phi) is 4.16. The molecule has 0 spiro atoms. The van der Waals surface area contributed by atoms with Crippen molar-refractivity contribution in [3.63, 3.8) is 0 Å². The Bertz CT molecular complexity index is 535. The number of anilines is 1. The summed E-state index contributed by atoms with van der Waals surface area (Å²) in [6.45, 7) is 4.29. The van der Waals surface area contributed by atoms with Gasteiger partial charge in [-0.25, -0.2) is 4.98 Å². The molecule has 4 heteroatoms. The minimum Gasteiger partial charge on any atom is -0.354 e.